The molecule has 3 fully saturated rings. The first-order chi connectivity index (χ1) is 24.4. The van der Waals surface area contributed by atoms with Crippen LogP contribution in [0.2, 0.25) is 0 Å². The van der Waals surface area contributed by atoms with Crippen LogP contribution >= 0.6 is 0 Å². The second-order valence-corrected chi connectivity index (χ2v) is 14.8. The quantitative estimate of drug-likeness (QED) is 0.0689. The zero-order chi connectivity index (χ0) is 35.1. The van der Waals surface area contributed by atoms with Crippen LogP contribution in [0.15, 0.2) is 72.8 Å². The molecule has 1 saturated carbocycles. The van der Waals surface area contributed by atoms with Gasteiger partial charge in [-0.1, -0.05) is 113 Å². The van der Waals surface area contributed by atoms with E-state index in [1.807, 2.05) is 36.4 Å². The third-order valence-electron chi connectivity index (χ3n) is 12.0. The van der Waals surface area contributed by atoms with Crippen LogP contribution in [0, 0.1) is 59.2 Å². The Bertz CT molecular complexity index is 1500. The molecule has 4 unspecified atom stereocenters. The Hall–Kier alpha value is -4.42. The highest BCUT2D eigenvalue weighted by Crippen LogP contribution is 2.71. The molecular weight excluding hydrogens is 620 g/mol. The lowest BCUT2D eigenvalue weighted by molar-refractivity contribution is -0.161. The van der Waals surface area contributed by atoms with Crippen molar-refractivity contribution in [3.8, 4) is 24.7 Å². The Morgan fingerprint density at radius 1 is 0.460 bits per heavy atom. The number of hydrogen-bond acceptors (Lipinski definition) is 4. The summed E-state index contributed by atoms with van der Waals surface area (Å²) in [5.41, 5.74) is -0.752. The van der Waals surface area contributed by atoms with Crippen molar-refractivity contribution < 1.29 is 19.2 Å². The summed E-state index contributed by atoms with van der Waals surface area (Å²) < 4.78 is 0. The van der Waals surface area contributed by atoms with Gasteiger partial charge in [-0.2, -0.15) is 0 Å². The highest BCUT2D eigenvalue weighted by molar-refractivity contribution is 6.27. The third kappa shape index (κ3) is 6.23. The average Bonchev–Trinajstić information content (AvgIpc) is 3.59. The van der Waals surface area contributed by atoms with Gasteiger partial charge in [0.15, 0.2) is 0 Å². The van der Waals surface area contributed by atoms with Gasteiger partial charge < -0.3 is 0 Å². The maximum absolute atomic E-state index is 14.8. The van der Waals surface area contributed by atoms with Crippen LogP contribution in [0.25, 0.3) is 0 Å². The van der Waals surface area contributed by atoms with Gasteiger partial charge >= 0.3 is 0 Å². The van der Waals surface area contributed by atoms with Crippen molar-refractivity contribution in [2.24, 2.45) is 34.5 Å². The molecule has 260 valence electrons. The maximum Gasteiger partial charge on any atom is 0.238 e. The predicted octanol–water partition coefficient (Wildman–Crippen LogP) is 8.66. The molecule has 2 bridgehead atoms. The number of para-hydroxylation sites is 2. The third-order valence-corrected chi connectivity index (χ3v) is 12.0. The largest absolute Gasteiger partial charge is 0.274 e. The lowest BCUT2D eigenvalue weighted by Crippen LogP contribution is -2.63. The first-order valence-electron chi connectivity index (χ1n) is 18.9. The Labute approximate surface area is 298 Å². The van der Waals surface area contributed by atoms with Gasteiger partial charge in [0.1, 0.15) is 0 Å². The Kier molecular flexibility index (Phi) is 11.1. The molecule has 50 heavy (non-hydrogen) atoms. The molecule has 2 aromatic carbocycles. The van der Waals surface area contributed by atoms with Crippen LogP contribution < -0.4 is 9.80 Å². The summed E-state index contributed by atoms with van der Waals surface area (Å²) in [6.07, 6.45) is 29.7. The average molecular weight is 671 g/mol. The second-order valence-electron chi connectivity index (χ2n) is 14.8. The Morgan fingerprint density at radius 3 is 1.08 bits per heavy atom. The molecule has 4 atom stereocenters. The van der Waals surface area contributed by atoms with Gasteiger partial charge in [-0.05, 0) is 49.9 Å². The number of anilines is 2. The van der Waals surface area contributed by atoms with Crippen LogP contribution in [-0.2, 0) is 19.2 Å². The molecule has 2 aliphatic heterocycles. The van der Waals surface area contributed by atoms with Gasteiger partial charge in [0.25, 0.3) is 0 Å². The molecular formula is C44H50N2O4. The molecule has 5 aliphatic rings. The number of benzene rings is 2. The lowest BCUT2D eigenvalue weighted by Gasteiger charge is -2.59. The molecule has 3 aliphatic carbocycles. The fraction of sp³-hybridized carbons (Fsp3) is 0.500. The van der Waals surface area contributed by atoms with Crippen LogP contribution in [0.4, 0.5) is 11.4 Å². The molecule has 2 saturated heterocycles. The minimum absolute atomic E-state index is 0.236. The summed E-state index contributed by atoms with van der Waals surface area (Å²) in [6.45, 7) is 0. The predicted molar refractivity (Wildman–Crippen MR) is 197 cm³/mol. The van der Waals surface area contributed by atoms with E-state index in [0.717, 1.165) is 89.9 Å². The van der Waals surface area contributed by atoms with Gasteiger partial charge in [-0.3, -0.25) is 19.2 Å². The summed E-state index contributed by atoms with van der Waals surface area (Å²) in [5.74, 6) is 1.67. The molecule has 2 heterocycles. The molecule has 4 amide bonds. The van der Waals surface area contributed by atoms with E-state index in [1.165, 1.54) is 9.80 Å². The lowest BCUT2D eigenvalue weighted by atomic mass is 9.39. The van der Waals surface area contributed by atoms with E-state index >= 15 is 0 Å². The minimum Gasteiger partial charge on any atom is -0.274 e. The normalized spacial score (nSPS) is 27.8. The van der Waals surface area contributed by atoms with Gasteiger partial charge in [0.05, 0.1) is 35.0 Å². The monoisotopic (exact) mass is 670 g/mol. The molecule has 6 heteroatoms. The smallest absolute Gasteiger partial charge is 0.238 e. The molecule has 0 aromatic heterocycles. The van der Waals surface area contributed by atoms with Crippen molar-refractivity contribution in [3.63, 3.8) is 0 Å². The number of carbonyl (C=O) groups excluding carboxylic acids is 4. The van der Waals surface area contributed by atoms with Crippen LogP contribution in [0.1, 0.15) is 103 Å². The van der Waals surface area contributed by atoms with E-state index in [1.54, 1.807) is 24.3 Å². The highest BCUT2D eigenvalue weighted by atomic mass is 16.2. The summed E-state index contributed by atoms with van der Waals surface area (Å²) in [6, 6.07) is 18.3. The molecule has 2 aromatic rings. The number of carbonyl (C=O) groups is 4. The van der Waals surface area contributed by atoms with Crippen molar-refractivity contribution in [1.82, 2.24) is 0 Å². The second kappa shape index (κ2) is 15.6. The van der Waals surface area contributed by atoms with Crippen LogP contribution in [-0.4, -0.2) is 23.6 Å². The number of imide groups is 2. The van der Waals surface area contributed by atoms with E-state index in [-0.39, 0.29) is 23.6 Å². The van der Waals surface area contributed by atoms with E-state index in [0.29, 0.717) is 24.2 Å². The summed E-state index contributed by atoms with van der Waals surface area (Å²) >= 11 is 0. The molecule has 0 radical (unpaired) electrons. The zero-order valence-electron chi connectivity index (χ0n) is 29.2. The van der Waals surface area contributed by atoms with Crippen molar-refractivity contribution in [2.75, 3.05) is 9.80 Å². The van der Waals surface area contributed by atoms with Crippen molar-refractivity contribution >= 4 is 35.0 Å². The molecule has 0 spiro atoms. The minimum atomic E-state index is -0.926. The first-order valence-corrected chi connectivity index (χ1v) is 18.9. The fourth-order valence-electron chi connectivity index (χ4n) is 9.80. The van der Waals surface area contributed by atoms with E-state index in [4.69, 9.17) is 12.8 Å². The number of unbranched alkanes of at least 4 members (excludes halogenated alkanes) is 12. The van der Waals surface area contributed by atoms with Crippen molar-refractivity contribution in [1.29, 1.82) is 0 Å². The topological polar surface area (TPSA) is 74.8 Å². The molecule has 0 N–H and O–H groups in total. The first kappa shape index (κ1) is 35.4. The Balaban J connectivity index is 1.37. The Morgan fingerprint density at radius 2 is 0.760 bits per heavy atom. The fourth-order valence-corrected chi connectivity index (χ4v) is 9.80. The van der Waals surface area contributed by atoms with Crippen molar-refractivity contribution in [2.45, 2.75) is 103 Å². The number of allylic oxidation sites excluding steroid dienone is 2. The maximum atomic E-state index is 14.8. The summed E-state index contributed by atoms with van der Waals surface area (Å²) in [5, 5.41) is 0. The number of nitrogens with zero attached hydrogens (tertiary/aromatic N) is 2. The number of terminal acetylenes is 2. The molecule has 7 rings (SSSR count). The van der Waals surface area contributed by atoms with E-state index in [2.05, 4.69) is 24.0 Å². The van der Waals surface area contributed by atoms with Gasteiger partial charge in [0.2, 0.25) is 23.6 Å². The summed E-state index contributed by atoms with van der Waals surface area (Å²) in [4.78, 5) is 61.9. The SMILES string of the molecule is C#CCCCCCCCCC12C=CC(CCCCCCCCC#C)(C3C(=O)N(c4ccccc4)C(=O)C31)C1C(=O)N(c3ccccc3)C(=O)C12. The van der Waals surface area contributed by atoms with Gasteiger partial charge in [0, 0.05) is 23.7 Å². The van der Waals surface area contributed by atoms with E-state index in [9.17, 15) is 19.2 Å². The number of hydrogen-bond donors (Lipinski definition) is 0. The zero-order valence-corrected chi connectivity index (χ0v) is 29.2. The molecule has 6 nitrogen and oxygen atoms in total. The highest BCUT2D eigenvalue weighted by Gasteiger charge is 2.78. The van der Waals surface area contributed by atoms with Gasteiger partial charge in [-0.15, -0.1) is 24.7 Å². The van der Waals surface area contributed by atoms with E-state index < -0.39 is 34.5 Å². The number of amides is 4. The standard InChI is InChI=1S/C44H50N2O4/c1-3-5-7-9-11-13-15-23-29-43-31-32-44(30-24-16-14-12-10-8-6-4-2,37-35(43)39(47)45(41(37)49)33-25-19-17-20-26-33)38-36(43)40(48)46(42(38)50)34-27-21-18-22-28-34/h1-2,17-22,25-28,31-32,35-38H,5-16,23-24,29-30H2. The van der Waals surface area contributed by atoms with Gasteiger partial charge in [-0.25, -0.2) is 9.80 Å². The van der Waals surface area contributed by atoms with Crippen molar-refractivity contribution in [3.05, 3.63) is 72.8 Å². The van der Waals surface area contributed by atoms with Crippen LogP contribution in [0.3, 0.4) is 0 Å². The summed E-state index contributed by atoms with van der Waals surface area (Å²) in [7, 11) is 0. The van der Waals surface area contributed by atoms with Crippen LogP contribution in [0.5, 0.6) is 0 Å². The number of rotatable bonds is 18.